The van der Waals surface area contributed by atoms with Crippen LogP contribution in [0.1, 0.15) is 18.2 Å². The van der Waals surface area contributed by atoms with Crippen molar-refractivity contribution in [1.82, 2.24) is 0 Å². The van der Waals surface area contributed by atoms with Gasteiger partial charge in [-0.3, -0.25) is 15.5 Å². The fraction of sp³-hybridized carbons (Fsp3) is 0.154. The molecule has 2 rings (SSSR count). The minimum absolute atomic E-state index is 0.0879. The van der Waals surface area contributed by atoms with Crippen LogP contribution in [0, 0.1) is 10.1 Å². The number of nitro groups is 1. The Hall–Kier alpha value is -2.30. The van der Waals surface area contributed by atoms with Gasteiger partial charge in [-0.15, -0.1) is 11.3 Å². The lowest BCUT2D eigenvalue weighted by molar-refractivity contribution is -0.384. The Kier molecular flexibility index (Phi) is 5.08. The molecule has 0 saturated heterocycles. The van der Waals surface area contributed by atoms with Gasteiger partial charge in [-0.2, -0.15) is 5.10 Å². The fourth-order valence-corrected chi connectivity index (χ4v) is 3.13. The van der Waals surface area contributed by atoms with E-state index in [4.69, 9.17) is 5.14 Å². The van der Waals surface area contributed by atoms with Crippen molar-refractivity contribution in [1.29, 1.82) is 0 Å². The molecule has 10 heteroatoms. The van der Waals surface area contributed by atoms with Crippen LogP contribution in [0.5, 0.6) is 0 Å². The van der Waals surface area contributed by atoms with E-state index in [9.17, 15) is 18.5 Å². The van der Waals surface area contributed by atoms with Crippen LogP contribution < -0.4 is 10.6 Å². The van der Waals surface area contributed by atoms with Crippen LogP contribution in [0.25, 0.3) is 0 Å². The molecule has 1 heterocycles. The second kappa shape index (κ2) is 6.86. The molecule has 0 aliphatic carbocycles. The van der Waals surface area contributed by atoms with Gasteiger partial charge in [0.25, 0.3) is 5.69 Å². The summed E-state index contributed by atoms with van der Waals surface area (Å²) in [4.78, 5) is 11.1. The minimum Gasteiger partial charge on any atom is -0.271 e. The Morgan fingerprint density at radius 1 is 1.43 bits per heavy atom. The highest BCUT2D eigenvalue weighted by Crippen LogP contribution is 2.27. The molecule has 0 aliphatic heterocycles. The molecule has 1 aromatic carbocycles. The zero-order chi connectivity index (χ0) is 17.0. The van der Waals surface area contributed by atoms with E-state index < -0.39 is 20.6 Å². The summed E-state index contributed by atoms with van der Waals surface area (Å²) < 4.78 is 22.6. The van der Waals surface area contributed by atoms with E-state index in [1.165, 1.54) is 23.5 Å². The van der Waals surface area contributed by atoms with Crippen LogP contribution in [-0.4, -0.2) is 19.1 Å². The van der Waals surface area contributed by atoms with Crippen LogP contribution in [-0.2, 0) is 10.0 Å². The van der Waals surface area contributed by atoms with E-state index >= 15 is 0 Å². The van der Waals surface area contributed by atoms with Gasteiger partial charge in [-0.25, -0.2) is 13.6 Å². The molecule has 0 atom stereocenters. The van der Waals surface area contributed by atoms with Crippen LogP contribution in [0.3, 0.4) is 0 Å². The number of thiophene rings is 1. The lowest BCUT2D eigenvalue weighted by Crippen LogP contribution is -2.12. The molecule has 2 aromatic rings. The molecule has 0 fully saturated rings. The van der Waals surface area contributed by atoms with Gasteiger partial charge in [-0.05, 0) is 30.0 Å². The summed E-state index contributed by atoms with van der Waals surface area (Å²) in [5.74, 6) is 0. The summed E-state index contributed by atoms with van der Waals surface area (Å²) >= 11 is 1.51. The summed E-state index contributed by atoms with van der Waals surface area (Å²) in [5, 5.41) is 22.2. The number of sulfonamides is 1. The van der Waals surface area contributed by atoms with E-state index in [2.05, 4.69) is 10.5 Å². The first kappa shape index (κ1) is 17.1. The molecule has 0 unspecified atom stereocenters. The van der Waals surface area contributed by atoms with Crippen LogP contribution in [0.2, 0.25) is 0 Å². The highest BCUT2D eigenvalue weighted by molar-refractivity contribution is 7.89. The number of hydrogen-bond donors (Lipinski definition) is 2. The lowest BCUT2D eigenvalue weighted by Gasteiger charge is -2.06. The third-order valence-corrected chi connectivity index (χ3v) is 4.78. The molecular weight excluding hydrogens is 340 g/mol. The number of primary sulfonamides is 1. The molecular formula is C13H14N4O4S2. The molecule has 3 N–H and O–H groups in total. The molecule has 0 aliphatic rings. The maximum atomic E-state index is 11.3. The van der Waals surface area contributed by atoms with Crippen molar-refractivity contribution in [2.24, 2.45) is 10.2 Å². The maximum Gasteiger partial charge on any atom is 0.295 e. The van der Waals surface area contributed by atoms with Gasteiger partial charge in [0.1, 0.15) is 5.69 Å². The number of nitro benzene ring substituents is 1. The molecule has 1 aromatic heterocycles. The van der Waals surface area contributed by atoms with Gasteiger partial charge < -0.3 is 0 Å². The van der Waals surface area contributed by atoms with Crippen molar-refractivity contribution in [3.05, 3.63) is 50.7 Å². The Balaban J connectivity index is 2.38. The van der Waals surface area contributed by atoms with Gasteiger partial charge in [0.05, 0.1) is 20.4 Å². The highest BCUT2D eigenvalue weighted by Gasteiger charge is 2.19. The molecule has 0 bridgehead atoms. The normalized spacial score (nSPS) is 12.2. The zero-order valence-electron chi connectivity index (χ0n) is 12.1. The van der Waals surface area contributed by atoms with E-state index in [1.54, 1.807) is 0 Å². The van der Waals surface area contributed by atoms with E-state index in [1.807, 2.05) is 24.4 Å². The number of hydrogen-bond acceptors (Lipinski definition) is 7. The first-order valence-electron chi connectivity index (χ1n) is 6.50. The third kappa shape index (κ3) is 4.12. The molecule has 0 radical (unpaired) electrons. The van der Waals surface area contributed by atoms with E-state index in [-0.39, 0.29) is 10.6 Å². The first-order valence-corrected chi connectivity index (χ1v) is 8.93. The summed E-state index contributed by atoms with van der Waals surface area (Å²) in [6.07, 6.45) is 0.635. The molecule has 122 valence electrons. The van der Waals surface area contributed by atoms with Crippen LogP contribution >= 0.6 is 11.3 Å². The van der Waals surface area contributed by atoms with Crippen molar-refractivity contribution in [2.45, 2.75) is 18.2 Å². The predicted octanol–water partition coefficient (Wildman–Crippen LogP) is 2.53. The first-order chi connectivity index (χ1) is 10.8. The second-order valence-corrected chi connectivity index (χ2v) is 6.99. The van der Waals surface area contributed by atoms with Crippen molar-refractivity contribution in [2.75, 3.05) is 5.43 Å². The summed E-state index contributed by atoms with van der Waals surface area (Å²) in [7, 11) is -4.01. The van der Waals surface area contributed by atoms with Gasteiger partial charge in [0, 0.05) is 6.07 Å². The van der Waals surface area contributed by atoms with Crippen LogP contribution in [0.4, 0.5) is 11.4 Å². The second-order valence-electron chi connectivity index (χ2n) is 4.48. The number of nitrogens with one attached hydrogen (secondary N) is 1. The smallest absolute Gasteiger partial charge is 0.271 e. The number of hydrazone groups is 1. The Labute approximate surface area is 136 Å². The van der Waals surface area contributed by atoms with E-state index in [0.29, 0.717) is 6.42 Å². The average Bonchev–Trinajstić information content (AvgIpc) is 3.01. The monoisotopic (exact) mass is 354 g/mol. The topological polar surface area (TPSA) is 128 Å². The molecule has 8 nitrogen and oxygen atoms in total. The Bertz CT molecular complexity index is 845. The van der Waals surface area contributed by atoms with Gasteiger partial charge in [0.15, 0.2) is 0 Å². The van der Waals surface area contributed by atoms with Crippen molar-refractivity contribution in [3.8, 4) is 0 Å². The van der Waals surface area contributed by atoms with E-state index in [0.717, 1.165) is 16.7 Å². The summed E-state index contributed by atoms with van der Waals surface area (Å²) in [6, 6.07) is 7.14. The number of benzene rings is 1. The average molecular weight is 354 g/mol. The number of nitrogens with zero attached hydrogens (tertiary/aromatic N) is 2. The molecule has 23 heavy (non-hydrogen) atoms. The molecule has 0 saturated carbocycles. The van der Waals surface area contributed by atoms with Gasteiger partial charge >= 0.3 is 0 Å². The van der Waals surface area contributed by atoms with Crippen molar-refractivity contribution >= 4 is 38.4 Å². The number of anilines is 1. The molecule has 0 spiro atoms. The van der Waals surface area contributed by atoms with Gasteiger partial charge in [-0.1, -0.05) is 13.0 Å². The third-order valence-electron chi connectivity index (χ3n) is 2.95. The SMILES string of the molecule is CC/C(=N/Nc1ccc(S(N)(=O)=O)cc1[N+](=O)[O-])c1cccs1. The number of rotatable bonds is 6. The standard InChI is InChI=1S/C13H14N4O4S2/c1-2-10(13-4-3-7-22-13)15-16-11-6-5-9(23(14,20)21)8-12(11)17(18)19/h3-8,16H,2H2,1H3,(H2,14,20,21)/b15-10-. The highest BCUT2D eigenvalue weighted by atomic mass is 32.2. The van der Waals surface area contributed by atoms with Crippen LogP contribution in [0.15, 0.2) is 45.7 Å². The minimum atomic E-state index is -4.01. The lowest BCUT2D eigenvalue weighted by atomic mass is 10.2. The Morgan fingerprint density at radius 3 is 2.70 bits per heavy atom. The fourth-order valence-electron chi connectivity index (χ4n) is 1.81. The summed E-state index contributed by atoms with van der Waals surface area (Å²) in [6.45, 7) is 1.92. The Morgan fingerprint density at radius 2 is 2.17 bits per heavy atom. The van der Waals surface area contributed by atoms with Crippen molar-refractivity contribution in [3.63, 3.8) is 0 Å². The molecule has 0 amide bonds. The maximum absolute atomic E-state index is 11.3. The quantitative estimate of drug-likeness (QED) is 0.468. The summed E-state index contributed by atoms with van der Waals surface area (Å²) in [5.41, 5.74) is 3.04. The van der Waals surface area contributed by atoms with Crippen molar-refractivity contribution < 1.29 is 13.3 Å². The largest absolute Gasteiger partial charge is 0.295 e. The number of nitrogens with two attached hydrogens (primary N) is 1. The zero-order valence-corrected chi connectivity index (χ0v) is 13.7. The predicted molar refractivity (Wildman–Crippen MR) is 89.2 cm³/mol. The van der Waals surface area contributed by atoms with Gasteiger partial charge in [0.2, 0.25) is 10.0 Å².